The first-order valence-corrected chi connectivity index (χ1v) is 7.64. The molecule has 0 saturated carbocycles. The van der Waals surface area contributed by atoms with Crippen molar-refractivity contribution in [2.45, 2.75) is 25.7 Å². The second kappa shape index (κ2) is 5.01. The van der Waals surface area contributed by atoms with E-state index in [1.54, 1.807) is 0 Å². The summed E-state index contributed by atoms with van der Waals surface area (Å²) in [7, 11) is 0. The Morgan fingerprint density at radius 1 is 1.21 bits per heavy atom. The van der Waals surface area contributed by atoms with E-state index in [4.69, 9.17) is 25.8 Å². The number of fused-ring (bicyclic) bond motifs is 3. The van der Waals surface area contributed by atoms with Crippen molar-refractivity contribution in [2.75, 3.05) is 19.8 Å². The van der Waals surface area contributed by atoms with Gasteiger partial charge in [0.25, 0.3) is 0 Å². The van der Waals surface area contributed by atoms with Crippen molar-refractivity contribution in [3.8, 4) is 0 Å². The van der Waals surface area contributed by atoms with E-state index < -0.39 is 5.97 Å². The Labute approximate surface area is 126 Å². The van der Waals surface area contributed by atoms with Gasteiger partial charge < -0.3 is 14.2 Å². The zero-order chi connectivity index (χ0) is 13.5. The summed E-state index contributed by atoms with van der Waals surface area (Å²) in [6, 6.07) is 5.61. The van der Waals surface area contributed by atoms with Gasteiger partial charge in [-0.15, -0.1) is 0 Å². The van der Waals surface area contributed by atoms with Crippen LogP contribution in [0.3, 0.4) is 0 Å². The number of ether oxygens (including phenoxy) is 3. The van der Waals surface area contributed by atoms with Gasteiger partial charge in [-0.3, -0.25) is 0 Å². The van der Waals surface area contributed by atoms with Gasteiger partial charge in [-0.25, -0.2) is 0 Å². The second-order valence-corrected chi connectivity index (χ2v) is 6.56. The maximum absolute atomic E-state index is 6.13. The predicted octanol–water partition coefficient (Wildman–Crippen LogP) is 4.08. The molecule has 1 aromatic carbocycles. The van der Waals surface area contributed by atoms with Crippen molar-refractivity contribution in [3.63, 3.8) is 0 Å². The van der Waals surface area contributed by atoms with Crippen LogP contribution in [0.5, 0.6) is 0 Å². The molecule has 3 heterocycles. The molecule has 3 aliphatic heterocycles. The lowest BCUT2D eigenvalue weighted by Gasteiger charge is -2.52. The molecule has 4 rings (SSSR count). The highest BCUT2D eigenvalue weighted by molar-refractivity contribution is 9.10. The molecule has 5 heteroatoms. The SMILES string of the molecule is CCCC12COC(c3ccc(Br)c(Cl)c3)(OC1)OC2. The average Bonchev–Trinajstić information content (AvgIpc) is 2.44. The third kappa shape index (κ3) is 2.34. The molecule has 0 aliphatic carbocycles. The summed E-state index contributed by atoms with van der Waals surface area (Å²) in [5.41, 5.74) is 0.834. The first-order chi connectivity index (χ1) is 9.09. The molecule has 0 amide bonds. The van der Waals surface area contributed by atoms with E-state index in [0.29, 0.717) is 24.8 Å². The van der Waals surface area contributed by atoms with Gasteiger partial charge in [0, 0.05) is 15.5 Å². The van der Waals surface area contributed by atoms with Gasteiger partial charge in [0.2, 0.25) is 0 Å². The maximum Gasteiger partial charge on any atom is 0.312 e. The number of hydrogen-bond acceptors (Lipinski definition) is 3. The first-order valence-electron chi connectivity index (χ1n) is 6.47. The lowest BCUT2D eigenvalue weighted by atomic mass is 9.84. The minimum atomic E-state index is -1.07. The molecule has 0 aromatic heterocycles. The fraction of sp³-hybridized carbons (Fsp3) is 0.571. The van der Waals surface area contributed by atoms with E-state index in [2.05, 4.69) is 22.9 Å². The fourth-order valence-electron chi connectivity index (χ4n) is 2.68. The highest BCUT2D eigenvalue weighted by atomic mass is 79.9. The highest BCUT2D eigenvalue weighted by Gasteiger charge is 2.53. The van der Waals surface area contributed by atoms with E-state index >= 15 is 0 Å². The van der Waals surface area contributed by atoms with Crippen LogP contribution in [0.4, 0.5) is 0 Å². The molecule has 104 valence electrons. The van der Waals surface area contributed by atoms with Crippen molar-refractivity contribution >= 4 is 27.5 Å². The summed E-state index contributed by atoms with van der Waals surface area (Å²) in [4.78, 5) is 0. The second-order valence-electron chi connectivity index (χ2n) is 5.30. The standard InChI is InChI=1S/C14H16BrClO3/c1-2-5-13-7-17-14(18-8-13,19-9-13)10-3-4-11(15)12(16)6-10/h3-4,6H,2,5,7-9H2,1H3. The molecule has 3 saturated heterocycles. The Morgan fingerprint density at radius 3 is 2.37 bits per heavy atom. The van der Waals surface area contributed by atoms with Gasteiger partial charge in [0.1, 0.15) is 0 Å². The summed E-state index contributed by atoms with van der Waals surface area (Å²) in [5.74, 6) is -1.07. The van der Waals surface area contributed by atoms with E-state index in [1.165, 1.54) is 0 Å². The highest BCUT2D eigenvalue weighted by Crippen LogP contribution is 2.46. The molecular formula is C14H16BrClO3. The molecule has 3 fully saturated rings. The Morgan fingerprint density at radius 2 is 1.84 bits per heavy atom. The molecule has 0 radical (unpaired) electrons. The van der Waals surface area contributed by atoms with Crippen molar-refractivity contribution < 1.29 is 14.2 Å². The molecule has 1 aromatic rings. The van der Waals surface area contributed by atoms with Crippen LogP contribution < -0.4 is 0 Å². The summed E-state index contributed by atoms with van der Waals surface area (Å²) >= 11 is 9.51. The van der Waals surface area contributed by atoms with E-state index in [1.807, 2.05) is 18.2 Å². The third-order valence-corrected chi connectivity index (χ3v) is 4.99. The lowest BCUT2D eigenvalue weighted by Crippen LogP contribution is -2.58. The van der Waals surface area contributed by atoms with Crippen molar-refractivity contribution in [1.82, 2.24) is 0 Å². The van der Waals surface area contributed by atoms with Crippen LogP contribution in [0.25, 0.3) is 0 Å². The molecule has 0 atom stereocenters. The lowest BCUT2D eigenvalue weighted by molar-refractivity contribution is -0.480. The molecule has 19 heavy (non-hydrogen) atoms. The van der Waals surface area contributed by atoms with Crippen LogP contribution in [0.2, 0.25) is 5.02 Å². The van der Waals surface area contributed by atoms with Crippen molar-refractivity contribution in [3.05, 3.63) is 33.3 Å². The maximum atomic E-state index is 6.13. The zero-order valence-electron chi connectivity index (χ0n) is 10.7. The summed E-state index contributed by atoms with van der Waals surface area (Å²) in [6.07, 6.45) is 2.16. The average molecular weight is 348 g/mol. The van der Waals surface area contributed by atoms with Crippen LogP contribution in [0, 0.1) is 5.41 Å². The molecule has 0 unspecified atom stereocenters. The summed E-state index contributed by atoms with van der Waals surface area (Å²) in [5, 5.41) is 0.624. The predicted molar refractivity (Wildman–Crippen MR) is 76.0 cm³/mol. The number of benzene rings is 1. The topological polar surface area (TPSA) is 27.7 Å². The minimum absolute atomic E-state index is 0.0235. The molecular weight excluding hydrogens is 332 g/mol. The van der Waals surface area contributed by atoms with Gasteiger partial charge in [0.15, 0.2) is 0 Å². The normalized spacial score (nSPS) is 33.6. The number of halogens is 2. The fourth-order valence-corrected chi connectivity index (χ4v) is 3.10. The van der Waals surface area contributed by atoms with Gasteiger partial charge in [0.05, 0.1) is 24.8 Å². The van der Waals surface area contributed by atoms with Gasteiger partial charge in [-0.2, -0.15) is 0 Å². The zero-order valence-corrected chi connectivity index (χ0v) is 13.1. The number of hydrogen-bond donors (Lipinski definition) is 0. The summed E-state index contributed by atoms with van der Waals surface area (Å²) in [6.45, 7) is 4.19. The smallest absolute Gasteiger partial charge is 0.312 e. The van der Waals surface area contributed by atoms with Crippen LogP contribution in [0.15, 0.2) is 22.7 Å². The van der Waals surface area contributed by atoms with Gasteiger partial charge in [-0.05, 0) is 40.5 Å². The monoisotopic (exact) mass is 346 g/mol. The van der Waals surface area contributed by atoms with Crippen molar-refractivity contribution in [1.29, 1.82) is 0 Å². The van der Waals surface area contributed by atoms with Crippen LogP contribution in [0.1, 0.15) is 25.3 Å². The van der Waals surface area contributed by atoms with E-state index in [0.717, 1.165) is 22.9 Å². The Bertz CT molecular complexity index is 467. The van der Waals surface area contributed by atoms with Crippen molar-refractivity contribution in [2.24, 2.45) is 5.41 Å². The summed E-state index contributed by atoms with van der Waals surface area (Å²) < 4.78 is 18.5. The number of rotatable bonds is 3. The molecule has 0 N–H and O–H groups in total. The first kappa shape index (κ1) is 13.8. The van der Waals surface area contributed by atoms with Crippen LogP contribution in [-0.2, 0) is 20.2 Å². The van der Waals surface area contributed by atoms with Crippen LogP contribution >= 0.6 is 27.5 Å². The molecule has 0 spiro atoms. The quantitative estimate of drug-likeness (QED) is 0.824. The molecule has 3 aliphatic rings. The Kier molecular flexibility index (Phi) is 3.65. The van der Waals surface area contributed by atoms with E-state index in [9.17, 15) is 0 Å². The Hall–Kier alpha value is -0.130. The Balaban J connectivity index is 1.85. The molecule has 2 bridgehead atoms. The minimum Gasteiger partial charge on any atom is -0.323 e. The molecule has 3 nitrogen and oxygen atoms in total. The third-order valence-electron chi connectivity index (χ3n) is 3.76. The van der Waals surface area contributed by atoms with E-state index in [-0.39, 0.29) is 5.41 Å². The van der Waals surface area contributed by atoms with Gasteiger partial charge in [-0.1, -0.05) is 24.9 Å². The largest absolute Gasteiger partial charge is 0.323 e. The van der Waals surface area contributed by atoms with Crippen LogP contribution in [-0.4, -0.2) is 19.8 Å². The van der Waals surface area contributed by atoms with Gasteiger partial charge >= 0.3 is 5.97 Å².